The van der Waals surface area contributed by atoms with E-state index in [1.807, 2.05) is 62.4 Å². The Kier molecular flexibility index (Phi) is 8.57. The summed E-state index contributed by atoms with van der Waals surface area (Å²) >= 11 is 0. The molecular weight excluding hydrogens is 455 g/mol. The van der Waals surface area contributed by atoms with Gasteiger partial charge in [0, 0.05) is 11.5 Å². The van der Waals surface area contributed by atoms with Crippen LogP contribution in [0.4, 0.5) is 4.39 Å². The number of halogens is 1. The summed E-state index contributed by atoms with van der Waals surface area (Å²) in [5.74, 6) is -0.0309. The summed E-state index contributed by atoms with van der Waals surface area (Å²) in [6.45, 7) is 10.5. The standard InChI is InChI=1S/C31H35FO4/c1-7-8-22(17-30(33)34)25-12-10-24(15-20(25)2)36-19-21-9-13-28(31(3,4)5)26(16-21)27-18-23(35-6)11-14-29(27)32/h7-16,18,22H,17,19H2,1-6H3,(H,33,34)/b8-7+/t22-/m1/s1. The first-order chi connectivity index (χ1) is 17.0. The van der Waals surface area contributed by atoms with E-state index in [2.05, 4.69) is 20.8 Å². The fourth-order valence-corrected chi connectivity index (χ4v) is 4.42. The third-order valence-electron chi connectivity index (χ3n) is 6.22. The molecule has 0 saturated heterocycles. The molecule has 0 aliphatic carbocycles. The van der Waals surface area contributed by atoms with Gasteiger partial charge in [-0.25, -0.2) is 4.39 Å². The fourth-order valence-electron chi connectivity index (χ4n) is 4.42. The average Bonchev–Trinajstić information content (AvgIpc) is 2.82. The molecular formula is C31H35FO4. The molecule has 0 saturated carbocycles. The highest BCUT2D eigenvalue weighted by Crippen LogP contribution is 2.37. The van der Waals surface area contributed by atoms with Gasteiger partial charge in [-0.3, -0.25) is 4.79 Å². The lowest BCUT2D eigenvalue weighted by Gasteiger charge is -2.24. The number of benzene rings is 3. The number of methoxy groups -OCH3 is 1. The molecule has 0 unspecified atom stereocenters. The van der Waals surface area contributed by atoms with Gasteiger partial charge in [0.05, 0.1) is 13.5 Å². The largest absolute Gasteiger partial charge is 0.497 e. The maximum Gasteiger partial charge on any atom is 0.304 e. The predicted octanol–water partition coefficient (Wildman–Crippen LogP) is 7.82. The molecule has 5 heteroatoms. The van der Waals surface area contributed by atoms with Crippen LogP contribution in [0.1, 0.15) is 62.3 Å². The minimum absolute atomic E-state index is 0.0368. The Morgan fingerprint density at radius 1 is 1.03 bits per heavy atom. The monoisotopic (exact) mass is 490 g/mol. The number of hydrogen-bond donors (Lipinski definition) is 1. The molecule has 0 spiro atoms. The molecule has 0 radical (unpaired) electrons. The number of aryl methyl sites for hydroxylation is 1. The highest BCUT2D eigenvalue weighted by Gasteiger charge is 2.21. The van der Waals surface area contributed by atoms with Crippen LogP contribution in [0.3, 0.4) is 0 Å². The average molecular weight is 491 g/mol. The van der Waals surface area contributed by atoms with Crippen LogP contribution in [0.25, 0.3) is 11.1 Å². The second-order valence-electron chi connectivity index (χ2n) is 10.0. The van der Waals surface area contributed by atoms with Crippen molar-refractivity contribution >= 4 is 5.97 Å². The first-order valence-corrected chi connectivity index (χ1v) is 12.1. The van der Waals surface area contributed by atoms with Crippen molar-refractivity contribution in [3.05, 3.63) is 94.8 Å². The molecule has 4 nitrogen and oxygen atoms in total. The molecule has 1 N–H and O–H groups in total. The Bertz CT molecular complexity index is 1250. The van der Waals surface area contributed by atoms with Crippen LogP contribution in [0.2, 0.25) is 0 Å². The SMILES string of the molecule is C/C=C/[C@H](CC(=O)O)c1ccc(OCc2ccc(C(C)(C)C)c(-c3cc(OC)ccc3F)c2)cc1C. The number of rotatable bonds is 9. The normalized spacial score (nSPS) is 12.5. The molecule has 3 rings (SSSR count). The smallest absolute Gasteiger partial charge is 0.304 e. The van der Waals surface area contributed by atoms with Crippen molar-refractivity contribution in [1.29, 1.82) is 0 Å². The highest BCUT2D eigenvalue weighted by molar-refractivity contribution is 5.71. The molecule has 190 valence electrons. The molecule has 0 aliphatic heterocycles. The van der Waals surface area contributed by atoms with Crippen molar-refractivity contribution in [3.63, 3.8) is 0 Å². The first kappa shape index (κ1) is 27.0. The molecule has 36 heavy (non-hydrogen) atoms. The number of allylic oxidation sites excluding steroid dienone is 2. The summed E-state index contributed by atoms with van der Waals surface area (Å²) in [5.41, 5.74) is 5.01. The maximum absolute atomic E-state index is 14.9. The van der Waals surface area contributed by atoms with Crippen molar-refractivity contribution < 1.29 is 23.8 Å². The van der Waals surface area contributed by atoms with Crippen LogP contribution in [0.15, 0.2) is 66.7 Å². The van der Waals surface area contributed by atoms with E-state index < -0.39 is 5.97 Å². The zero-order chi connectivity index (χ0) is 26.5. The number of carboxylic acid groups (broad SMARTS) is 1. The number of carboxylic acids is 1. The van der Waals surface area contributed by atoms with Crippen molar-refractivity contribution in [2.45, 2.75) is 59.0 Å². The molecule has 0 amide bonds. The summed E-state index contributed by atoms with van der Waals surface area (Å²) in [6.07, 6.45) is 3.82. The number of aliphatic carboxylic acids is 1. The van der Waals surface area contributed by atoms with Gasteiger partial charge >= 0.3 is 5.97 Å². The lowest BCUT2D eigenvalue weighted by Crippen LogP contribution is -2.13. The zero-order valence-corrected chi connectivity index (χ0v) is 21.9. The van der Waals surface area contributed by atoms with Gasteiger partial charge in [-0.1, -0.05) is 51.1 Å². The summed E-state index contributed by atoms with van der Waals surface area (Å²) < 4.78 is 26.3. The Morgan fingerprint density at radius 2 is 1.75 bits per heavy atom. The number of carbonyl (C=O) groups is 1. The topological polar surface area (TPSA) is 55.8 Å². The van der Waals surface area contributed by atoms with Gasteiger partial charge in [0.1, 0.15) is 23.9 Å². The van der Waals surface area contributed by atoms with E-state index in [0.29, 0.717) is 23.7 Å². The van der Waals surface area contributed by atoms with Crippen LogP contribution < -0.4 is 9.47 Å². The van der Waals surface area contributed by atoms with E-state index in [1.165, 1.54) is 6.07 Å². The molecule has 0 aromatic heterocycles. The van der Waals surface area contributed by atoms with Gasteiger partial charge in [-0.2, -0.15) is 0 Å². The van der Waals surface area contributed by atoms with Crippen LogP contribution in [0, 0.1) is 12.7 Å². The molecule has 0 bridgehead atoms. The van der Waals surface area contributed by atoms with Crippen molar-refractivity contribution in [2.75, 3.05) is 7.11 Å². The van der Waals surface area contributed by atoms with Crippen LogP contribution in [-0.4, -0.2) is 18.2 Å². The van der Waals surface area contributed by atoms with Gasteiger partial charge in [0.2, 0.25) is 0 Å². The van der Waals surface area contributed by atoms with Crippen LogP contribution >= 0.6 is 0 Å². The minimum atomic E-state index is -0.834. The van der Waals surface area contributed by atoms with Gasteiger partial charge in [-0.05, 0) is 83.5 Å². The van der Waals surface area contributed by atoms with E-state index in [9.17, 15) is 14.3 Å². The van der Waals surface area contributed by atoms with Crippen LogP contribution in [0.5, 0.6) is 11.5 Å². The lowest BCUT2D eigenvalue weighted by molar-refractivity contribution is -0.137. The van der Waals surface area contributed by atoms with E-state index in [1.54, 1.807) is 19.2 Å². The van der Waals surface area contributed by atoms with Crippen molar-refractivity contribution in [1.82, 2.24) is 0 Å². The highest BCUT2D eigenvalue weighted by atomic mass is 19.1. The third-order valence-corrected chi connectivity index (χ3v) is 6.22. The third kappa shape index (κ3) is 6.54. The van der Waals surface area contributed by atoms with Gasteiger partial charge in [-0.15, -0.1) is 0 Å². The second kappa shape index (κ2) is 11.4. The maximum atomic E-state index is 14.9. The lowest BCUT2D eigenvalue weighted by atomic mass is 9.81. The Balaban J connectivity index is 1.89. The Labute approximate surface area is 213 Å². The van der Waals surface area contributed by atoms with Gasteiger partial charge < -0.3 is 14.6 Å². The predicted molar refractivity (Wildman–Crippen MR) is 142 cm³/mol. The zero-order valence-electron chi connectivity index (χ0n) is 21.9. The molecule has 3 aromatic rings. The molecule has 1 atom stereocenters. The van der Waals surface area contributed by atoms with Crippen molar-refractivity contribution in [3.8, 4) is 22.6 Å². The quantitative estimate of drug-likeness (QED) is 0.311. The minimum Gasteiger partial charge on any atom is -0.497 e. The van der Waals surface area contributed by atoms with Gasteiger partial charge in [0.15, 0.2) is 0 Å². The second-order valence-corrected chi connectivity index (χ2v) is 10.0. The van der Waals surface area contributed by atoms with E-state index in [4.69, 9.17) is 9.47 Å². The molecule has 0 heterocycles. The summed E-state index contributed by atoms with van der Waals surface area (Å²) in [7, 11) is 1.57. The van der Waals surface area contributed by atoms with Crippen molar-refractivity contribution in [2.24, 2.45) is 0 Å². The molecule has 3 aromatic carbocycles. The Hall–Kier alpha value is -3.60. The Morgan fingerprint density at radius 3 is 2.36 bits per heavy atom. The van der Waals surface area contributed by atoms with E-state index >= 15 is 0 Å². The molecule has 0 aliphatic rings. The first-order valence-electron chi connectivity index (χ1n) is 12.1. The van der Waals surface area contributed by atoms with E-state index in [0.717, 1.165) is 27.8 Å². The summed E-state index contributed by atoms with van der Waals surface area (Å²) in [4.78, 5) is 11.3. The summed E-state index contributed by atoms with van der Waals surface area (Å²) in [5, 5.41) is 9.26. The number of hydrogen-bond acceptors (Lipinski definition) is 3. The summed E-state index contributed by atoms with van der Waals surface area (Å²) in [6, 6.07) is 16.5. The molecule has 0 fully saturated rings. The van der Waals surface area contributed by atoms with Gasteiger partial charge in [0.25, 0.3) is 0 Å². The van der Waals surface area contributed by atoms with E-state index in [-0.39, 0.29) is 23.6 Å². The fraction of sp³-hybridized carbons (Fsp3) is 0.323. The van der Waals surface area contributed by atoms with Crippen LogP contribution in [-0.2, 0) is 16.8 Å². The number of ether oxygens (including phenoxy) is 2.